The van der Waals surface area contributed by atoms with E-state index >= 15 is 0 Å². The summed E-state index contributed by atoms with van der Waals surface area (Å²) in [6.45, 7) is 1.94. The number of carbonyl (C=O) groups is 2. The SMILES string of the molecule is CCOC(=O)c1n[nH]nc1-c1c(Cl)cccc1SCCC(=O)OC. The number of ether oxygens (including phenoxy) is 2. The van der Waals surface area contributed by atoms with E-state index in [0.29, 0.717) is 22.0 Å². The molecular weight excluding hydrogens is 354 g/mol. The molecule has 0 aliphatic heterocycles. The van der Waals surface area contributed by atoms with Crippen LogP contribution in [0.5, 0.6) is 0 Å². The maximum Gasteiger partial charge on any atom is 0.361 e. The zero-order valence-corrected chi connectivity index (χ0v) is 14.7. The van der Waals surface area contributed by atoms with Gasteiger partial charge in [0.05, 0.1) is 25.2 Å². The van der Waals surface area contributed by atoms with Crippen molar-refractivity contribution in [3.63, 3.8) is 0 Å². The highest BCUT2D eigenvalue weighted by Gasteiger charge is 2.23. The summed E-state index contributed by atoms with van der Waals surface area (Å²) in [4.78, 5) is 24.0. The second-order valence-corrected chi connectivity index (χ2v) is 6.07. The van der Waals surface area contributed by atoms with Crippen LogP contribution in [0.15, 0.2) is 23.1 Å². The summed E-state index contributed by atoms with van der Waals surface area (Å²) in [7, 11) is 1.35. The molecule has 24 heavy (non-hydrogen) atoms. The second kappa shape index (κ2) is 8.70. The lowest BCUT2D eigenvalue weighted by Gasteiger charge is -2.10. The van der Waals surface area contributed by atoms with Crippen LogP contribution < -0.4 is 0 Å². The Hall–Kier alpha value is -2.06. The average Bonchev–Trinajstić information content (AvgIpc) is 3.04. The van der Waals surface area contributed by atoms with Crippen LogP contribution >= 0.6 is 23.4 Å². The molecule has 0 bridgehead atoms. The van der Waals surface area contributed by atoms with Gasteiger partial charge in [0, 0.05) is 16.2 Å². The highest BCUT2D eigenvalue weighted by atomic mass is 35.5. The van der Waals surface area contributed by atoms with Gasteiger partial charge in [0.2, 0.25) is 0 Å². The third-order valence-electron chi connectivity index (χ3n) is 3.02. The van der Waals surface area contributed by atoms with Crippen LogP contribution in [0, 0.1) is 0 Å². The van der Waals surface area contributed by atoms with Gasteiger partial charge in [-0.15, -0.1) is 16.9 Å². The number of aromatic amines is 1. The number of carbonyl (C=O) groups excluding carboxylic acids is 2. The highest BCUT2D eigenvalue weighted by Crippen LogP contribution is 2.37. The molecule has 0 atom stereocenters. The lowest BCUT2D eigenvalue weighted by atomic mass is 10.1. The van der Waals surface area contributed by atoms with E-state index in [-0.39, 0.29) is 24.7 Å². The predicted octanol–water partition coefficient (Wildman–Crippen LogP) is 2.96. The summed E-state index contributed by atoms with van der Waals surface area (Å²) in [6, 6.07) is 5.33. The van der Waals surface area contributed by atoms with Gasteiger partial charge in [0.1, 0.15) is 5.69 Å². The van der Waals surface area contributed by atoms with Crippen molar-refractivity contribution in [3.8, 4) is 11.3 Å². The fourth-order valence-corrected chi connectivity index (χ4v) is 3.28. The van der Waals surface area contributed by atoms with Crippen LogP contribution in [0.4, 0.5) is 0 Å². The van der Waals surface area contributed by atoms with Crippen molar-refractivity contribution in [3.05, 3.63) is 28.9 Å². The van der Waals surface area contributed by atoms with Crippen molar-refractivity contribution in [2.24, 2.45) is 0 Å². The minimum atomic E-state index is -0.577. The van der Waals surface area contributed by atoms with Crippen molar-refractivity contribution < 1.29 is 19.1 Å². The molecular formula is C15H16ClN3O4S. The zero-order valence-electron chi connectivity index (χ0n) is 13.2. The fraction of sp³-hybridized carbons (Fsp3) is 0.333. The van der Waals surface area contributed by atoms with Crippen molar-refractivity contribution in [2.45, 2.75) is 18.2 Å². The van der Waals surface area contributed by atoms with Crippen LogP contribution in [0.1, 0.15) is 23.8 Å². The summed E-state index contributed by atoms with van der Waals surface area (Å²) in [5, 5.41) is 10.8. The Morgan fingerprint density at radius 1 is 1.33 bits per heavy atom. The Morgan fingerprint density at radius 3 is 2.83 bits per heavy atom. The summed E-state index contributed by atoms with van der Waals surface area (Å²) < 4.78 is 9.61. The third kappa shape index (κ3) is 4.27. The quantitative estimate of drug-likeness (QED) is 0.592. The maximum atomic E-state index is 12.0. The number of aromatic nitrogens is 3. The van der Waals surface area contributed by atoms with Crippen LogP contribution in [0.2, 0.25) is 5.02 Å². The molecule has 7 nitrogen and oxygen atoms in total. The number of hydrogen-bond acceptors (Lipinski definition) is 7. The molecule has 128 valence electrons. The lowest BCUT2D eigenvalue weighted by molar-refractivity contribution is -0.140. The third-order valence-corrected chi connectivity index (χ3v) is 4.39. The number of nitrogens with zero attached hydrogens (tertiary/aromatic N) is 2. The molecule has 2 aromatic rings. The number of H-pyrrole nitrogens is 1. The number of halogens is 1. The molecule has 0 radical (unpaired) electrons. The first-order chi connectivity index (χ1) is 11.6. The van der Waals surface area contributed by atoms with Gasteiger partial charge in [0.25, 0.3) is 0 Å². The number of benzene rings is 1. The molecule has 2 rings (SSSR count). The van der Waals surface area contributed by atoms with Gasteiger partial charge in [-0.3, -0.25) is 4.79 Å². The molecule has 0 amide bonds. The van der Waals surface area contributed by atoms with Gasteiger partial charge in [-0.2, -0.15) is 10.3 Å². The van der Waals surface area contributed by atoms with Crippen molar-refractivity contribution >= 4 is 35.3 Å². The van der Waals surface area contributed by atoms with Gasteiger partial charge in [-0.25, -0.2) is 4.79 Å². The summed E-state index contributed by atoms with van der Waals surface area (Å²) >= 11 is 7.72. The molecule has 0 aliphatic carbocycles. The smallest absolute Gasteiger partial charge is 0.361 e. The Morgan fingerprint density at radius 2 is 2.12 bits per heavy atom. The summed E-state index contributed by atoms with van der Waals surface area (Å²) in [5.74, 6) is -0.363. The largest absolute Gasteiger partial charge is 0.469 e. The topological polar surface area (TPSA) is 94.2 Å². The Bertz CT molecular complexity index is 735. The Kier molecular flexibility index (Phi) is 6.62. The van der Waals surface area contributed by atoms with E-state index in [9.17, 15) is 9.59 Å². The highest BCUT2D eigenvalue weighted by molar-refractivity contribution is 7.99. The fourth-order valence-electron chi connectivity index (χ4n) is 1.95. The van der Waals surface area contributed by atoms with Crippen LogP contribution in [-0.4, -0.2) is 46.8 Å². The molecule has 1 N–H and O–H groups in total. The molecule has 9 heteroatoms. The van der Waals surface area contributed by atoms with E-state index in [1.54, 1.807) is 19.1 Å². The average molecular weight is 370 g/mol. The van der Waals surface area contributed by atoms with Gasteiger partial charge in [-0.05, 0) is 19.1 Å². The monoisotopic (exact) mass is 369 g/mol. The van der Waals surface area contributed by atoms with E-state index in [1.165, 1.54) is 18.9 Å². The van der Waals surface area contributed by atoms with Gasteiger partial charge in [-0.1, -0.05) is 17.7 Å². The van der Waals surface area contributed by atoms with Crippen LogP contribution in [-0.2, 0) is 14.3 Å². The van der Waals surface area contributed by atoms with Crippen molar-refractivity contribution in [2.75, 3.05) is 19.5 Å². The molecule has 0 saturated heterocycles. The Labute approximate surface area is 148 Å². The van der Waals surface area contributed by atoms with E-state index in [1.807, 2.05) is 6.07 Å². The van der Waals surface area contributed by atoms with Crippen molar-refractivity contribution in [1.82, 2.24) is 15.4 Å². The van der Waals surface area contributed by atoms with Crippen molar-refractivity contribution in [1.29, 1.82) is 0 Å². The molecule has 0 fully saturated rings. The molecule has 1 aromatic carbocycles. The summed E-state index contributed by atoms with van der Waals surface area (Å²) in [6.07, 6.45) is 0.261. The van der Waals surface area contributed by atoms with Crippen LogP contribution in [0.25, 0.3) is 11.3 Å². The van der Waals surface area contributed by atoms with E-state index in [0.717, 1.165) is 4.90 Å². The molecule has 0 unspecified atom stereocenters. The molecule has 1 aromatic heterocycles. The lowest BCUT2D eigenvalue weighted by Crippen LogP contribution is -2.07. The first-order valence-electron chi connectivity index (χ1n) is 7.14. The van der Waals surface area contributed by atoms with Gasteiger partial charge in [0.15, 0.2) is 5.69 Å². The van der Waals surface area contributed by atoms with Gasteiger partial charge >= 0.3 is 11.9 Å². The second-order valence-electron chi connectivity index (χ2n) is 4.53. The van der Waals surface area contributed by atoms with E-state index in [2.05, 4.69) is 20.1 Å². The standard InChI is InChI=1S/C15H16ClN3O4S/c1-3-23-15(21)14-13(17-19-18-14)12-9(16)5-4-6-10(12)24-8-7-11(20)22-2/h4-6H,3,7-8H2,1-2H3,(H,17,18,19). The maximum absolute atomic E-state index is 12.0. The van der Waals surface area contributed by atoms with E-state index in [4.69, 9.17) is 16.3 Å². The predicted molar refractivity (Wildman–Crippen MR) is 90.1 cm³/mol. The number of thioether (sulfide) groups is 1. The minimum Gasteiger partial charge on any atom is -0.469 e. The first kappa shape index (κ1) is 18.3. The van der Waals surface area contributed by atoms with Crippen LogP contribution in [0.3, 0.4) is 0 Å². The molecule has 0 spiro atoms. The number of methoxy groups -OCH3 is 1. The molecule has 1 heterocycles. The molecule has 0 aliphatic rings. The number of esters is 2. The number of hydrogen-bond donors (Lipinski definition) is 1. The Balaban J connectivity index is 2.32. The van der Waals surface area contributed by atoms with Gasteiger partial charge < -0.3 is 9.47 Å². The zero-order chi connectivity index (χ0) is 17.5. The number of rotatable bonds is 7. The molecule has 0 saturated carbocycles. The minimum absolute atomic E-state index is 0.0692. The first-order valence-corrected chi connectivity index (χ1v) is 8.51. The van der Waals surface area contributed by atoms with E-state index < -0.39 is 5.97 Å². The normalized spacial score (nSPS) is 10.5. The summed E-state index contributed by atoms with van der Waals surface area (Å²) in [5.41, 5.74) is 0.963. The number of nitrogens with one attached hydrogen (secondary N) is 1.